The molecule has 1 heteroatoms. The van der Waals surface area contributed by atoms with Gasteiger partial charge in [0.25, 0.3) is 0 Å². The van der Waals surface area contributed by atoms with Crippen molar-refractivity contribution in [1.82, 2.24) is 0 Å². The van der Waals surface area contributed by atoms with Crippen LogP contribution in [0, 0.1) is 6.92 Å². The van der Waals surface area contributed by atoms with Crippen LogP contribution in [0.5, 0.6) is 0 Å². The predicted octanol–water partition coefficient (Wildman–Crippen LogP) is 5.84. The van der Waals surface area contributed by atoms with Crippen molar-refractivity contribution in [3.05, 3.63) is 64.5 Å². The van der Waals surface area contributed by atoms with Gasteiger partial charge in [0, 0.05) is 15.0 Å². The van der Waals surface area contributed by atoms with Crippen molar-refractivity contribution in [1.29, 1.82) is 0 Å². The van der Waals surface area contributed by atoms with Crippen molar-refractivity contribution in [3.8, 4) is 11.1 Å². The zero-order valence-corrected chi connectivity index (χ0v) is 12.3. The van der Waals surface area contributed by atoms with Crippen LogP contribution < -0.4 is 0 Å². The molecule has 0 saturated heterocycles. The SMILES string of the molecule is Cc1cc(-c2ccccc2)cc2c3c(sc12)CCC=C3. The minimum absolute atomic E-state index is 1.18. The van der Waals surface area contributed by atoms with Crippen LogP contribution in [0.4, 0.5) is 0 Å². The first-order chi connectivity index (χ1) is 9.83. The monoisotopic (exact) mass is 276 g/mol. The smallest absolute Gasteiger partial charge is 0.0381 e. The first-order valence-electron chi connectivity index (χ1n) is 7.11. The summed E-state index contributed by atoms with van der Waals surface area (Å²) in [7, 11) is 0. The van der Waals surface area contributed by atoms with Gasteiger partial charge in [-0.05, 0) is 54.2 Å². The summed E-state index contributed by atoms with van der Waals surface area (Å²) in [6.07, 6.45) is 7.00. The minimum Gasteiger partial charge on any atom is -0.139 e. The predicted molar refractivity (Wildman–Crippen MR) is 89.4 cm³/mol. The maximum absolute atomic E-state index is 2.36. The Morgan fingerprint density at radius 2 is 1.85 bits per heavy atom. The van der Waals surface area contributed by atoms with Crippen molar-refractivity contribution >= 4 is 27.5 Å². The Morgan fingerprint density at radius 3 is 2.70 bits per heavy atom. The third-order valence-electron chi connectivity index (χ3n) is 4.02. The third-order valence-corrected chi connectivity index (χ3v) is 5.44. The van der Waals surface area contributed by atoms with Crippen molar-refractivity contribution < 1.29 is 0 Å². The first kappa shape index (κ1) is 11.9. The van der Waals surface area contributed by atoms with Crippen molar-refractivity contribution in [2.75, 3.05) is 0 Å². The summed E-state index contributed by atoms with van der Waals surface area (Å²) in [5.41, 5.74) is 5.48. The summed E-state index contributed by atoms with van der Waals surface area (Å²) in [6, 6.07) is 15.4. The summed E-state index contributed by atoms with van der Waals surface area (Å²) >= 11 is 1.98. The Bertz CT molecular complexity index is 807. The molecule has 4 rings (SSSR count). The molecule has 0 nitrogen and oxygen atoms in total. The summed E-state index contributed by atoms with van der Waals surface area (Å²) in [4.78, 5) is 1.55. The number of rotatable bonds is 1. The molecule has 0 unspecified atom stereocenters. The highest BCUT2D eigenvalue weighted by atomic mass is 32.1. The van der Waals surface area contributed by atoms with Crippen molar-refractivity contribution in [2.45, 2.75) is 19.8 Å². The Balaban J connectivity index is 2.00. The Morgan fingerprint density at radius 1 is 1.00 bits per heavy atom. The molecule has 0 aliphatic heterocycles. The van der Waals surface area contributed by atoms with Gasteiger partial charge in [0.2, 0.25) is 0 Å². The van der Waals surface area contributed by atoms with Crippen LogP contribution in [-0.4, -0.2) is 0 Å². The van der Waals surface area contributed by atoms with E-state index in [0.29, 0.717) is 0 Å². The fourth-order valence-corrected chi connectivity index (χ4v) is 4.27. The average molecular weight is 276 g/mol. The van der Waals surface area contributed by atoms with E-state index in [1.807, 2.05) is 11.3 Å². The van der Waals surface area contributed by atoms with Crippen LogP contribution in [0.2, 0.25) is 0 Å². The van der Waals surface area contributed by atoms with Crippen molar-refractivity contribution in [2.24, 2.45) is 0 Å². The highest BCUT2D eigenvalue weighted by Crippen LogP contribution is 2.39. The van der Waals surface area contributed by atoms with Gasteiger partial charge < -0.3 is 0 Å². The van der Waals surface area contributed by atoms with E-state index in [1.54, 1.807) is 4.88 Å². The highest BCUT2D eigenvalue weighted by Gasteiger charge is 2.14. The van der Waals surface area contributed by atoms with Gasteiger partial charge in [-0.15, -0.1) is 11.3 Å². The summed E-state index contributed by atoms with van der Waals surface area (Å²) in [5, 5.41) is 1.43. The van der Waals surface area contributed by atoms with Gasteiger partial charge in [-0.25, -0.2) is 0 Å². The van der Waals surface area contributed by atoms with Crippen LogP contribution in [0.15, 0.2) is 48.5 Å². The molecular formula is C19H16S. The zero-order chi connectivity index (χ0) is 13.5. The van der Waals surface area contributed by atoms with Crippen LogP contribution in [0.3, 0.4) is 0 Å². The van der Waals surface area contributed by atoms with Gasteiger partial charge in [0.1, 0.15) is 0 Å². The number of hydrogen-bond donors (Lipinski definition) is 0. The van der Waals surface area contributed by atoms with E-state index >= 15 is 0 Å². The second-order valence-corrected chi connectivity index (χ2v) is 6.52. The molecule has 1 heterocycles. The quantitative estimate of drug-likeness (QED) is 0.524. The van der Waals surface area contributed by atoms with Gasteiger partial charge in [-0.1, -0.05) is 42.5 Å². The molecule has 1 aliphatic carbocycles. The van der Waals surface area contributed by atoms with Gasteiger partial charge in [0.15, 0.2) is 0 Å². The molecule has 0 N–H and O–H groups in total. The lowest BCUT2D eigenvalue weighted by atomic mass is 9.97. The standard InChI is InChI=1S/C19H16S/c1-13-11-15(14-7-3-2-4-8-14)12-17-16-9-5-6-10-18(16)20-19(13)17/h2-5,7-9,11-12H,6,10H2,1H3. The molecule has 1 aliphatic rings. The fraction of sp³-hybridized carbons (Fsp3) is 0.158. The van der Waals surface area contributed by atoms with E-state index < -0.39 is 0 Å². The van der Waals surface area contributed by atoms with Crippen LogP contribution in [0.25, 0.3) is 27.3 Å². The van der Waals surface area contributed by atoms with Crippen LogP contribution >= 0.6 is 11.3 Å². The maximum atomic E-state index is 2.36. The largest absolute Gasteiger partial charge is 0.139 e. The molecule has 0 amide bonds. The van der Waals surface area contributed by atoms with Crippen LogP contribution in [-0.2, 0) is 6.42 Å². The minimum atomic E-state index is 1.18. The number of allylic oxidation sites excluding steroid dienone is 1. The molecular weight excluding hydrogens is 260 g/mol. The Labute approximate surface area is 123 Å². The van der Waals surface area contributed by atoms with Gasteiger partial charge in [-0.2, -0.15) is 0 Å². The average Bonchev–Trinajstić information content (AvgIpc) is 2.88. The lowest BCUT2D eigenvalue weighted by Crippen LogP contribution is -1.87. The molecule has 0 bridgehead atoms. The van der Waals surface area contributed by atoms with E-state index in [1.165, 1.54) is 45.2 Å². The summed E-state index contributed by atoms with van der Waals surface area (Å²) < 4.78 is 1.46. The second kappa shape index (κ2) is 4.60. The number of benzene rings is 2. The lowest BCUT2D eigenvalue weighted by Gasteiger charge is -2.06. The fourth-order valence-electron chi connectivity index (χ4n) is 3.02. The third kappa shape index (κ3) is 1.82. The van der Waals surface area contributed by atoms with Crippen LogP contribution in [0.1, 0.15) is 22.4 Å². The molecule has 0 spiro atoms. The molecule has 2 aromatic carbocycles. The number of hydrogen-bond acceptors (Lipinski definition) is 1. The molecule has 0 saturated carbocycles. The molecule has 0 fully saturated rings. The van der Waals surface area contributed by atoms with E-state index in [2.05, 4.69) is 61.5 Å². The number of aryl methyl sites for hydroxylation is 2. The molecule has 0 atom stereocenters. The first-order valence-corrected chi connectivity index (χ1v) is 7.92. The molecule has 0 radical (unpaired) electrons. The second-order valence-electron chi connectivity index (χ2n) is 5.42. The summed E-state index contributed by atoms with van der Waals surface area (Å²) in [6.45, 7) is 2.24. The Kier molecular flexibility index (Phi) is 2.75. The summed E-state index contributed by atoms with van der Waals surface area (Å²) in [5.74, 6) is 0. The number of thiophene rings is 1. The topological polar surface area (TPSA) is 0 Å². The molecule has 20 heavy (non-hydrogen) atoms. The Hall–Kier alpha value is -1.86. The zero-order valence-electron chi connectivity index (χ0n) is 11.5. The molecule has 3 aromatic rings. The van der Waals surface area contributed by atoms with E-state index in [0.717, 1.165) is 0 Å². The molecule has 1 aromatic heterocycles. The van der Waals surface area contributed by atoms with Gasteiger partial charge in [-0.3, -0.25) is 0 Å². The van der Waals surface area contributed by atoms with Gasteiger partial charge >= 0.3 is 0 Å². The normalized spacial score (nSPS) is 13.7. The number of fused-ring (bicyclic) bond motifs is 3. The van der Waals surface area contributed by atoms with Gasteiger partial charge in [0.05, 0.1) is 0 Å². The molecule has 98 valence electrons. The van der Waals surface area contributed by atoms with Crippen molar-refractivity contribution in [3.63, 3.8) is 0 Å². The highest BCUT2D eigenvalue weighted by molar-refractivity contribution is 7.19. The van der Waals surface area contributed by atoms with E-state index in [-0.39, 0.29) is 0 Å². The lowest BCUT2D eigenvalue weighted by molar-refractivity contribution is 1.02. The van der Waals surface area contributed by atoms with E-state index in [9.17, 15) is 0 Å². The van der Waals surface area contributed by atoms with E-state index in [4.69, 9.17) is 0 Å². The maximum Gasteiger partial charge on any atom is 0.0381 e.